The highest BCUT2D eigenvalue weighted by Crippen LogP contribution is 2.19. The molecule has 1 aliphatic rings. The molecule has 0 aliphatic carbocycles. The molecule has 54 valence electrons. The summed E-state index contributed by atoms with van der Waals surface area (Å²) in [6.45, 7) is 7.88. The smallest absolute Gasteiger partial charge is 0.161 e. The molecule has 2 nitrogen and oxygen atoms in total. The second-order valence-electron chi connectivity index (χ2n) is 2.13. The van der Waals surface area contributed by atoms with Crippen molar-refractivity contribution in [3.05, 3.63) is 36.8 Å². The van der Waals surface area contributed by atoms with E-state index in [1.165, 1.54) is 0 Å². The van der Waals surface area contributed by atoms with Crippen molar-refractivity contribution in [1.29, 1.82) is 0 Å². The van der Waals surface area contributed by atoms with E-state index in [2.05, 4.69) is 13.2 Å². The van der Waals surface area contributed by atoms with E-state index in [-0.39, 0.29) is 0 Å². The Balaban J connectivity index is 2.91. The predicted molar refractivity (Wildman–Crippen MR) is 41.1 cm³/mol. The normalized spacial score (nSPS) is 17.1. The van der Waals surface area contributed by atoms with Crippen molar-refractivity contribution in [2.24, 2.45) is 0 Å². The van der Waals surface area contributed by atoms with E-state index in [1.54, 1.807) is 12.2 Å². The Bertz CT molecular complexity index is 193. The van der Waals surface area contributed by atoms with Crippen molar-refractivity contribution in [1.82, 2.24) is 4.90 Å². The third-order valence-electron chi connectivity index (χ3n) is 1.46. The molecule has 0 fully saturated rings. The number of allylic oxidation sites excluding steroid dienone is 2. The summed E-state index contributed by atoms with van der Waals surface area (Å²) in [4.78, 5) is 1.98. The second kappa shape index (κ2) is 2.60. The fraction of sp³-hybridized carbons (Fsp3) is 0.250. The number of rotatable bonds is 2. The van der Waals surface area contributed by atoms with Crippen molar-refractivity contribution < 1.29 is 4.74 Å². The summed E-state index contributed by atoms with van der Waals surface area (Å²) in [7, 11) is 1.95. The van der Waals surface area contributed by atoms with Crippen molar-refractivity contribution >= 4 is 0 Å². The van der Waals surface area contributed by atoms with Gasteiger partial charge in [0.25, 0.3) is 0 Å². The van der Waals surface area contributed by atoms with E-state index in [4.69, 9.17) is 4.74 Å². The van der Waals surface area contributed by atoms with Gasteiger partial charge in [-0.1, -0.05) is 13.2 Å². The Labute approximate surface area is 61.1 Å². The zero-order valence-electron chi connectivity index (χ0n) is 6.13. The van der Waals surface area contributed by atoms with Gasteiger partial charge >= 0.3 is 0 Å². The van der Waals surface area contributed by atoms with Crippen LogP contribution in [0, 0.1) is 0 Å². The van der Waals surface area contributed by atoms with E-state index in [0.29, 0.717) is 6.73 Å². The van der Waals surface area contributed by atoms with Crippen molar-refractivity contribution in [2.75, 3.05) is 13.8 Å². The average Bonchev–Trinajstić information content (AvgIpc) is 2.30. The van der Waals surface area contributed by atoms with Crippen LogP contribution in [-0.2, 0) is 4.74 Å². The van der Waals surface area contributed by atoms with Crippen LogP contribution >= 0.6 is 0 Å². The number of nitrogens with zero attached hydrogens (tertiary/aromatic N) is 1. The van der Waals surface area contributed by atoms with E-state index >= 15 is 0 Å². The monoisotopic (exact) mass is 137 g/mol. The van der Waals surface area contributed by atoms with Gasteiger partial charge in [-0.2, -0.15) is 0 Å². The summed E-state index contributed by atoms with van der Waals surface area (Å²) in [5.74, 6) is 0.817. The summed E-state index contributed by atoms with van der Waals surface area (Å²) in [5.41, 5.74) is 1.01. The maximum atomic E-state index is 5.23. The molecule has 0 bridgehead atoms. The van der Waals surface area contributed by atoms with Crippen LogP contribution in [0.3, 0.4) is 0 Å². The van der Waals surface area contributed by atoms with Gasteiger partial charge in [0.1, 0.15) is 5.76 Å². The summed E-state index contributed by atoms with van der Waals surface area (Å²) in [5, 5.41) is 0. The van der Waals surface area contributed by atoms with Gasteiger partial charge in [0.2, 0.25) is 0 Å². The molecule has 0 spiro atoms. The highest BCUT2D eigenvalue weighted by Gasteiger charge is 2.14. The summed E-state index contributed by atoms with van der Waals surface area (Å²) in [6, 6.07) is 0. The number of ether oxygens (including phenoxy) is 1. The van der Waals surface area contributed by atoms with Crippen molar-refractivity contribution in [3.8, 4) is 0 Å². The largest absolute Gasteiger partial charge is 0.471 e. The lowest BCUT2D eigenvalue weighted by molar-refractivity contribution is 0.175. The lowest BCUT2D eigenvalue weighted by atomic mass is 10.3. The quantitative estimate of drug-likeness (QED) is 0.571. The Morgan fingerprint density at radius 2 is 2.20 bits per heavy atom. The van der Waals surface area contributed by atoms with Gasteiger partial charge in [-0.25, -0.2) is 0 Å². The maximum absolute atomic E-state index is 5.23. The molecule has 2 heteroatoms. The minimum atomic E-state index is 0.600. The van der Waals surface area contributed by atoms with Gasteiger partial charge in [0.05, 0.1) is 5.70 Å². The van der Waals surface area contributed by atoms with E-state index in [1.807, 2.05) is 11.9 Å². The van der Waals surface area contributed by atoms with Crippen LogP contribution in [0.5, 0.6) is 0 Å². The van der Waals surface area contributed by atoms with Gasteiger partial charge in [-0.05, 0) is 12.2 Å². The van der Waals surface area contributed by atoms with E-state index in [0.717, 1.165) is 11.5 Å². The minimum Gasteiger partial charge on any atom is -0.471 e. The SMILES string of the molecule is C=CC1=C(C=C)N(C)CO1. The van der Waals surface area contributed by atoms with Gasteiger partial charge < -0.3 is 9.64 Å². The molecule has 0 amide bonds. The first-order valence-corrected chi connectivity index (χ1v) is 3.12. The Hall–Kier alpha value is -1.18. The summed E-state index contributed by atoms with van der Waals surface area (Å²) >= 11 is 0. The topological polar surface area (TPSA) is 12.5 Å². The van der Waals surface area contributed by atoms with Crippen LogP contribution in [0.15, 0.2) is 36.8 Å². The van der Waals surface area contributed by atoms with Gasteiger partial charge in [-0.3, -0.25) is 0 Å². The first-order chi connectivity index (χ1) is 4.79. The zero-order valence-corrected chi connectivity index (χ0v) is 6.13. The molecule has 0 aromatic carbocycles. The molecule has 1 rings (SSSR count). The summed E-state index contributed by atoms with van der Waals surface area (Å²) < 4.78 is 5.23. The molecule has 1 aliphatic heterocycles. The molecule has 1 heterocycles. The Morgan fingerprint density at radius 1 is 1.50 bits per heavy atom. The van der Waals surface area contributed by atoms with Crippen molar-refractivity contribution in [3.63, 3.8) is 0 Å². The van der Waals surface area contributed by atoms with E-state index < -0.39 is 0 Å². The van der Waals surface area contributed by atoms with Crippen LogP contribution < -0.4 is 0 Å². The molecule has 0 saturated carbocycles. The molecule has 0 saturated heterocycles. The highest BCUT2D eigenvalue weighted by atomic mass is 16.5. The van der Waals surface area contributed by atoms with Crippen LogP contribution in [0.4, 0.5) is 0 Å². The molecule has 0 N–H and O–H groups in total. The molecule has 10 heavy (non-hydrogen) atoms. The van der Waals surface area contributed by atoms with Crippen LogP contribution in [0.25, 0.3) is 0 Å². The van der Waals surface area contributed by atoms with Gasteiger partial charge in [-0.15, -0.1) is 0 Å². The fourth-order valence-corrected chi connectivity index (χ4v) is 0.918. The first kappa shape index (κ1) is 6.93. The molecule has 0 unspecified atom stereocenters. The lowest BCUT2D eigenvalue weighted by Gasteiger charge is -2.07. The number of likely N-dealkylation sites (N-methyl/N-ethyl adjacent to an activating group) is 1. The van der Waals surface area contributed by atoms with Crippen LogP contribution in [0.2, 0.25) is 0 Å². The molecule has 0 atom stereocenters. The molecule has 0 radical (unpaired) electrons. The average molecular weight is 137 g/mol. The molecule has 0 aromatic heterocycles. The summed E-state index contributed by atoms with van der Waals surface area (Å²) in [6.07, 6.45) is 3.46. The lowest BCUT2D eigenvalue weighted by Crippen LogP contribution is -2.11. The Morgan fingerprint density at radius 3 is 2.60 bits per heavy atom. The highest BCUT2D eigenvalue weighted by molar-refractivity contribution is 5.27. The molecule has 0 aromatic rings. The van der Waals surface area contributed by atoms with Gasteiger partial charge in [0.15, 0.2) is 6.73 Å². The predicted octanol–water partition coefficient (Wildman–Crippen LogP) is 1.49. The standard InChI is InChI=1S/C8H11NO/c1-4-7-8(5-2)10-6-9(7)3/h4-5H,1-2,6H2,3H3. The second-order valence-corrected chi connectivity index (χ2v) is 2.13. The zero-order chi connectivity index (χ0) is 7.56. The maximum Gasteiger partial charge on any atom is 0.161 e. The van der Waals surface area contributed by atoms with Crippen LogP contribution in [0.1, 0.15) is 0 Å². The molecular formula is C8H11NO. The van der Waals surface area contributed by atoms with Crippen LogP contribution in [-0.4, -0.2) is 18.7 Å². The third kappa shape index (κ3) is 0.923. The van der Waals surface area contributed by atoms with Gasteiger partial charge in [0, 0.05) is 7.05 Å². The Kier molecular flexibility index (Phi) is 1.81. The molecular weight excluding hydrogens is 126 g/mol. The van der Waals surface area contributed by atoms with E-state index in [9.17, 15) is 0 Å². The first-order valence-electron chi connectivity index (χ1n) is 3.12. The minimum absolute atomic E-state index is 0.600. The third-order valence-corrected chi connectivity index (χ3v) is 1.46. The fourth-order valence-electron chi connectivity index (χ4n) is 0.918. The number of hydrogen-bond donors (Lipinski definition) is 0. The number of hydrogen-bond acceptors (Lipinski definition) is 2. The van der Waals surface area contributed by atoms with Crippen molar-refractivity contribution in [2.45, 2.75) is 0 Å².